The molecule has 0 spiro atoms. The average molecular weight is 288 g/mol. The molecule has 4 heteroatoms. The van der Waals surface area contributed by atoms with E-state index in [0.29, 0.717) is 26.2 Å². The Hall–Kier alpha value is -1.84. The van der Waals surface area contributed by atoms with Crippen molar-refractivity contribution in [3.8, 4) is 0 Å². The first-order chi connectivity index (χ1) is 10.1. The highest BCUT2D eigenvalue weighted by Crippen LogP contribution is 2.12. The third-order valence-corrected chi connectivity index (χ3v) is 4.03. The second-order valence-electron chi connectivity index (χ2n) is 5.60. The third-order valence-electron chi connectivity index (χ3n) is 4.03. The van der Waals surface area contributed by atoms with Crippen LogP contribution in [0, 0.1) is 0 Å². The maximum Gasteiger partial charge on any atom is 0.253 e. The van der Waals surface area contributed by atoms with Gasteiger partial charge in [-0.25, -0.2) is 0 Å². The zero-order chi connectivity index (χ0) is 15.2. The molecule has 0 atom stereocenters. The van der Waals surface area contributed by atoms with Crippen molar-refractivity contribution >= 4 is 11.8 Å². The maximum absolute atomic E-state index is 12.4. The average Bonchev–Trinajstić information content (AvgIpc) is 2.53. The van der Waals surface area contributed by atoms with Gasteiger partial charge in [0.2, 0.25) is 5.91 Å². The molecule has 0 aliphatic carbocycles. The Morgan fingerprint density at radius 3 is 2.10 bits per heavy atom. The first-order valence-electron chi connectivity index (χ1n) is 7.75. The van der Waals surface area contributed by atoms with Gasteiger partial charge in [0.1, 0.15) is 0 Å². The van der Waals surface area contributed by atoms with Gasteiger partial charge in [-0.15, -0.1) is 0 Å². The predicted octanol–water partition coefficient (Wildman–Crippen LogP) is 2.33. The van der Waals surface area contributed by atoms with Gasteiger partial charge < -0.3 is 9.80 Å². The lowest BCUT2D eigenvalue weighted by Crippen LogP contribution is -2.50. The van der Waals surface area contributed by atoms with E-state index in [4.69, 9.17) is 0 Å². The molecule has 1 aliphatic rings. The van der Waals surface area contributed by atoms with Crippen LogP contribution in [0.4, 0.5) is 0 Å². The molecular weight excluding hydrogens is 264 g/mol. The summed E-state index contributed by atoms with van der Waals surface area (Å²) in [6.45, 7) is 6.27. The van der Waals surface area contributed by atoms with Gasteiger partial charge in [-0.1, -0.05) is 25.5 Å². The number of rotatable bonds is 4. The Morgan fingerprint density at radius 2 is 1.57 bits per heavy atom. The standard InChI is InChI=1S/C17H24N2O2/c1-3-4-5-15-6-8-16(9-7-15)17(21)19-12-10-18(11-13-19)14(2)20/h6-9H,3-5,10-13H2,1-2H3. The number of piperazine rings is 1. The Balaban J connectivity index is 1.93. The van der Waals surface area contributed by atoms with Crippen LogP contribution in [-0.4, -0.2) is 47.8 Å². The molecule has 2 rings (SSSR count). The van der Waals surface area contributed by atoms with Crippen molar-refractivity contribution in [3.63, 3.8) is 0 Å². The van der Waals surface area contributed by atoms with Gasteiger partial charge in [0.25, 0.3) is 5.91 Å². The van der Waals surface area contributed by atoms with E-state index in [-0.39, 0.29) is 11.8 Å². The Bertz CT molecular complexity index is 488. The van der Waals surface area contributed by atoms with E-state index in [1.54, 1.807) is 11.8 Å². The third kappa shape index (κ3) is 4.06. The molecule has 0 radical (unpaired) electrons. The van der Waals surface area contributed by atoms with Crippen LogP contribution >= 0.6 is 0 Å². The van der Waals surface area contributed by atoms with Gasteiger partial charge in [0.15, 0.2) is 0 Å². The highest BCUT2D eigenvalue weighted by Gasteiger charge is 2.22. The molecule has 1 heterocycles. The van der Waals surface area contributed by atoms with E-state index in [1.807, 2.05) is 17.0 Å². The molecule has 1 fully saturated rings. The molecule has 0 saturated carbocycles. The molecule has 114 valence electrons. The molecule has 1 saturated heterocycles. The van der Waals surface area contributed by atoms with Crippen LogP contribution in [0.5, 0.6) is 0 Å². The Kier molecular flexibility index (Phi) is 5.37. The van der Waals surface area contributed by atoms with E-state index in [2.05, 4.69) is 19.1 Å². The fraction of sp³-hybridized carbons (Fsp3) is 0.529. The number of carbonyl (C=O) groups excluding carboxylic acids is 2. The van der Waals surface area contributed by atoms with Gasteiger partial charge in [0.05, 0.1) is 0 Å². The second-order valence-corrected chi connectivity index (χ2v) is 5.60. The summed E-state index contributed by atoms with van der Waals surface area (Å²) in [4.78, 5) is 27.3. The minimum absolute atomic E-state index is 0.0697. The highest BCUT2D eigenvalue weighted by atomic mass is 16.2. The van der Waals surface area contributed by atoms with E-state index in [1.165, 1.54) is 18.4 Å². The highest BCUT2D eigenvalue weighted by molar-refractivity contribution is 5.94. The summed E-state index contributed by atoms with van der Waals surface area (Å²) >= 11 is 0. The number of benzene rings is 1. The van der Waals surface area contributed by atoms with E-state index in [9.17, 15) is 9.59 Å². The van der Waals surface area contributed by atoms with Crippen molar-refractivity contribution in [3.05, 3.63) is 35.4 Å². The largest absolute Gasteiger partial charge is 0.339 e. The number of hydrogen-bond donors (Lipinski definition) is 0. The molecule has 0 unspecified atom stereocenters. The molecule has 1 aromatic rings. The molecule has 4 nitrogen and oxygen atoms in total. The summed E-state index contributed by atoms with van der Waals surface area (Å²) in [5.41, 5.74) is 2.03. The van der Waals surface area contributed by atoms with Crippen LogP contribution in [0.25, 0.3) is 0 Å². The van der Waals surface area contributed by atoms with Gasteiger partial charge in [-0.3, -0.25) is 9.59 Å². The van der Waals surface area contributed by atoms with Crippen molar-refractivity contribution in [2.45, 2.75) is 33.1 Å². The van der Waals surface area contributed by atoms with Crippen molar-refractivity contribution in [1.82, 2.24) is 9.80 Å². The van der Waals surface area contributed by atoms with Gasteiger partial charge in [-0.2, -0.15) is 0 Å². The summed E-state index contributed by atoms with van der Waals surface area (Å²) in [6, 6.07) is 7.94. The number of amides is 2. The van der Waals surface area contributed by atoms with Crippen LogP contribution in [0.15, 0.2) is 24.3 Å². The number of aryl methyl sites for hydroxylation is 1. The van der Waals surface area contributed by atoms with Gasteiger partial charge >= 0.3 is 0 Å². The van der Waals surface area contributed by atoms with Crippen molar-refractivity contribution < 1.29 is 9.59 Å². The van der Waals surface area contributed by atoms with E-state index >= 15 is 0 Å². The quantitative estimate of drug-likeness (QED) is 0.853. The summed E-state index contributed by atoms with van der Waals surface area (Å²) in [5.74, 6) is 0.155. The molecule has 1 aromatic carbocycles. The lowest BCUT2D eigenvalue weighted by atomic mass is 10.1. The van der Waals surface area contributed by atoms with Crippen LogP contribution in [-0.2, 0) is 11.2 Å². The lowest BCUT2D eigenvalue weighted by Gasteiger charge is -2.34. The topological polar surface area (TPSA) is 40.6 Å². The smallest absolute Gasteiger partial charge is 0.253 e. The van der Waals surface area contributed by atoms with Crippen LogP contribution in [0.1, 0.15) is 42.6 Å². The normalized spacial score (nSPS) is 15.1. The molecule has 21 heavy (non-hydrogen) atoms. The van der Waals surface area contributed by atoms with E-state index < -0.39 is 0 Å². The Morgan fingerprint density at radius 1 is 1.00 bits per heavy atom. The molecule has 0 bridgehead atoms. The van der Waals surface area contributed by atoms with Crippen molar-refractivity contribution in [2.24, 2.45) is 0 Å². The number of carbonyl (C=O) groups is 2. The molecule has 2 amide bonds. The minimum Gasteiger partial charge on any atom is -0.339 e. The summed E-state index contributed by atoms with van der Waals surface area (Å²) in [6.07, 6.45) is 3.43. The summed E-state index contributed by atoms with van der Waals surface area (Å²) < 4.78 is 0. The predicted molar refractivity (Wildman–Crippen MR) is 83.2 cm³/mol. The second kappa shape index (κ2) is 7.25. The zero-order valence-electron chi connectivity index (χ0n) is 13.0. The van der Waals surface area contributed by atoms with Gasteiger partial charge in [-0.05, 0) is 30.5 Å². The van der Waals surface area contributed by atoms with Crippen LogP contribution in [0.2, 0.25) is 0 Å². The molecule has 0 aromatic heterocycles. The van der Waals surface area contributed by atoms with Crippen molar-refractivity contribution in [1.29, 1.82) is 0 Å². The lowest BCUT2D eigenvalue weighted by molar-refractivity contribution is -0.130. The Labute approximate surface area is 126 Å². The zero-order valence-corrected chi connectivity index (χ0v) is 13.0. The fourth-order valence-corrected chi connectivity index (χ4v) is 2.60. The van der Waals surface area contributed by atoms with Crippen LogP contribution < -0.4 is 0 Å². The monoisotopic (exact) mass is 288 g/mol. The summed E-state index contributed by atoms with van der Waals surface area (Å²) in [5, 5.41) is 0. The fourth-order valence-electron chi connectivity index (χ4n) is 2.60. The molecular formula is C17H24N2O2. The summed E-state index contributed by atoms with van der Waals surface area (Å²) in [7, 11) is 0. The maximum atomic E-state index is 12.4. The number of unbranched alkanes of at least 4 members (excludes halogenated alkanes) is 1. The van der Waals surface area contributed by atoms with Gasteiger partial charge in [0, 0.05) is 38.7 Å². The first kappa shape index (κ1) is 15.5. The van der Waals surface area contributed by atoms with Crippen LogP contribution in [0.3, 0.4) is 0 Å². The molecule has 1 aliphatic heterocycles. The number of nitrogens with zero attached hydrogens (tertiary/aromatic N) is 2. The minimum atomic E-state index is 0.0697. The van der Waals surface area contributed by atoms with Crippen molar-refractivity contribution in [2.75, 3.05) is 26.2 Å². The van der Waals surface area contributed by atoms with E-state index in [0.717, 1.165) is 12.0 Å². The SMILES string of the molecule is CCCCc1ccc(C(=O)N2CCN(C(C)=O)CC2)cc1. The number of hydrogen-bond acceptors (Lipinski definition) is 2. The molecule has 0 N–H and O–H groups in total. The first-order valence-corrected chi connectivity index (χ1v) is 7.75.